The molecule has 0 saturated heterocycles. The van der Waals surface area contributed by atoms with Crippen molar-refractivity contribution >= 4 is 0 Å². The lowest BCUT2D eigenvalue weighted by atomic mass is 9.69. The van der Waals surface area contributed by atoms with Crippen molar-refractivity contribution in [2.45, 2.75) is 89.9 Å². The Morgan fingerprint density at radius 3 is 2.27 bits per heavy atom. The van der Waals surface area contributed by atoms with E-state index in [2.05, 4.69) is 13.0 Å². The fourth-order valence-electron chi connectivity index (χ4n) is 5.16. The smallest absolute Gasteiger partial charge is 0.132 e. The molecule has 0 heterocycles. The van der Waals surface area contributed by atoms with Gasteiger partial charge in [-0.25, -0.2) is 8.78 Å². The molecule has 0 radical (unpaired) electrons. The van der Waals surface area contributed by atoms with Crippen LogP contribution in [0.1, 0.15) is 77.6 Å². The molecule has 4 unspecified atom stereocenters. The van der Waals surface area contributed by atoms with Gasteiger partial charge in [0.05, 0.1) is 0 Å². The first kappa shape index (κ1) is 16.5. The highest BCUT2D eigenvalue weighted by Gasteiger charge is 2.34. The minimum atomic E-state index is -1.22. The van der Waals surface area contributed by atoms with E-state index >= 15 is 0 Å². The summed E-state index contributed by atoms with van der Waals surface area (Å²) >= 11 is 0. The van der Waals surface area contributed by atoms with Crippen LogP contribution in [0.15, 0.2) is 11.6 Å². The standard InChI is InChI=1S/C20H32F2/c1-2-14-3-5-15(6-4-14)16-7-9-17(10-8-16)18-11-12-19(21)20(22)13-18/h9,14-16,18-20H,2-8,10-13H2,1H3. The molecule has 3 rings (SSSR count). The average Bonchev–Trinajstić information content (AvgIpc) is 2.58. The predicted molar refractivity (Wildman–Crippen MR) is 88.3 cm³/mol. The van der Waals surface area contributed by atoms with Crippen molar-refractivity contribution in [3.63, 3.8) is 0 Å². The minimum Gasteiger partial charge on any atom is -0.244 e. The lowest BCUT2D eigenvalue weighted by molar-refractivity contribution is 0.0964. The molecule has 0 nitrogen and oxygen atoms in total. The molecule has 2 fully saturated rings. The van der Waals surface area contributed by atoms with Crippen LogP contribution in [-0.4, -0.2) is 12.3 Å². The molecule has 0 aromatic rings. The lowest BCUT2D eigenvalue weighted by Gasteiger charge is -2.37. The predicted octanol–water partition coefficient (Wildman–Crippen LogP) is 6.41. The third kappa shape index (κ3) is 3.74. The Hall–Kier alpha value is -0.400. The Kier molecular flexibility index (Phi) is 5.57. The highest BCUT2D eigenvalue weighted by atomic mass is 19.2. The Morgan fingerprint density at radius 2 is 1.68 bits per heavy atom. The van der Waals surface area contributed by atoms with Gasteiger partial charge in [-0.3, -0.25) is 0 Å². The van der Waals surface area contributed by atoms with Crippen molar-refractivity contribution in [2.75, 3.05) is 0 Å². The van der Waals surface area contributed by atoms with Crippen LogP contribution in [0.3, 0.4) is 0 Å². The average molecular weight is 310 g/mol. The van der Waals surface area contributed by atoms with Crippen molar-refractivity contribution in [3.8, 4) is 0 Å². The Bertz CT molecular complexity index is 381. The largest absolute Gasteiger partial charge is 0.244 e. The molecule has 0 aromatic carbocycles. The number of rotatable bonds is 3. The molecular weight excluding hydrogens is 278 g/mol. The molecule has 0 aromatic heterocycles. The maximum atomic E-state index is 13.6. The number of hydrogen-bond acceptors (Lipinski definition) is 0. The van der Waals surface area contributed by atoms with Gasteiger partial charge in [-0.2, -0.15) is 0 Å². The fraction of sp³-hybridized carbons (Fsp3) is 0.900. The number of allylic oxidation sites excluding steroid dienone is 2. The first-order valence-corrected chi connectivity index (χ1v) is 9.64. The molecule has 0 spiro atoms. The zero-order valence-electron chi connectivity index (χ0n) is 14.1. The van der Waals surface area contributed by atoms with Crippen LogP contribution in [0.5, 0.6) is 0 Å². The first-order valence-electron chi connectivity index (χ1n) is 9.64. The minimum absolute atomic E-state index is 0.332. The van der Waals surface area contributed by atoms with Crippen LogP contribution in [0.25, 0.3) is 0 Å². The molecule has 3 aliphatic rings. The summed E-state index contributed by atoms with van der Waals surface area (Å²) in [7, 11) is 0. The van der Waals surface area contributed by atoms with Crippen molar-refractivity contribution in [1.29, 1.82) is 0 Å². The quantitative estimate of drug-likeness (QED) is 0.529. The second kappa shape index (κ2) is 7.45. The third-order valence-electron chi connectivity index (χ3n) is 6.84. The Balaban J connectivity index is 1.50. The molecule has 126 valence electrons. The van der Waals surface area contributed by atoms with Crippen molar-refractivity contribution in [3.05, 3.63) is 11.6 Å². The molecule has 0 amide bonds. The third-order valence-corrected chi connectivity index (χ3v) is 6.84. The van der Waals surface area contributed by atoms with E-state index in [4.69, 9.17) is 0 Å². The zero-order valence-corrected chi connectivity index (χ0v) is 14.1. The number of hydrogen-bond donors (Lipinski definition) is 0. The summed E-state index contributed by atoms with van der Waals surface area (Å²) in [6.45, 7) is 2.32. The van der Waals surface area contributed by atoms with Crippen molar-refractivity contribution in [2.24, 2.45) is 23.7 Å². The van der Waals surface area contributed by atoms with E-state index in [1.807, 2.05) is 0 Å². The molecule has 0 N–H and O–H groups in total. The van der Waals surface area contributed by atoms with Gasteiger partial charge in [0.15, 0.2) is 0 Å². The summed E-state index contributed by atoms with van der Waals surface area (Å²) in [6, 6.07) is 0. The van der Waals surface area contributed by atoms with Crippen LogP contribution < -0.4 is 0 Å². The summed E-state index contributed by atoms with van der Waals surface area (Å²) in [5, 5.41) is 0. The van der Waals surface area contributed by atoms with Crippen LogP contribution in [0, 0.1) is 23.7 Å². The number of alkyl halides is 2. The molecule has 3 aliphatic carbocycles. The summed E-state index contributed by atoms with van der Waals surface area (Å²) in [4.78, 5) is 0. The summed E-state index contributed by atoms with van der Waals surface area (Å²) < 4.78 is 26.9. The maximum Gasteiger partial charge on any atom is 0.132 e. The van der Waals surface area contributed by atoms with Gasteiger partial charge in [-0.15, -0.1) is 0 Å². The van der Waals surface area contributed by atoms with E-state index in [0.717, 1.165) is 30.6 Å². The molecule has 2 heteroatoms. The molecule has 0 bridgehead atoms. The van der Waals surface area contributed by atoms with E-state index in [1.165, 1.54) is 50.5 Å². The van der Waals surface area contributed by atoms with Crippen molar-refractivity contribution < 1.29 is 8.78 Å². The van der Waals surface area contributed by atoms with Gasteiger partial charge < -0.3 is 0 Å². The highest BCUT2D eigenvalue weighted by molar-refractivity contribution is 5.13. The van der Waals surface area contributed by atoms with Gasteiger partial charge in [0, 0.05) is 0 Å². The van der Waals surface area contributed by atoms with Gasteiger partial charge in [-0.05, 0) is 75.0 Å². The molecule has 0 aliphatic heterocycles. The first-order chi connectivity index (χ1) is 10.7. The van der Waals surface area contributed by atoms with Gasteiger partial charge in [0.1, 0.15) is 12.3 Å². The Labute approximate surface area is 134 Å². The van der Waals surface area contributed by atoms with E-state index in [1.54, 1.807) is 0 Å². The topological polar surface area (TPSA) is 0 Å². The monoisotopic (exact) mass is 310 g/mol. The molecule has 2 saturated carbocycles. The van der Waals surface area contributed by atoms with Gasteiger partial charge in [0.25, 0.3) is 0 Å². The van der Waals surface area contributed by atoms with Crippen LogP contribution in [-0.2, 0) is 0 Å². The van der Waals surface area contributed by atoms with Crippen molar-refractivity contribution in [1.82, 2.24) is 0 Å². The molecular formula is C20H32F2. The normalized spacial score (nSPS) is 43.7. The maximum absolute atomic E-state index is 13.6. The van der Waals surface area contributed by atoms with Gasteiger partial charge in [0.2, 0.25) is 0 Å². The van der Waals surface area contributed by atoms with E-state index in [0.29, 0.717) is 18.8 Å². The van der Waals surface area contributed by atoms with E-state index < -0.39 is 12.3 Å². The van der Waals surface area contributed by atoms with Gasteiger partial charge in [-0.1, -0.05) is 37.8 Å². The highest BCUT2D eigenvalue weighted by Crippen LogP contribution is 2.43. The summed E-state index contributed by atoms with van der Waals surface area (Å²) in [6.07, 6.45) is 12.4. The Morgan fingerprint density at radius 1 is 0.909 bits per heavy atom. The second-order valence-corrected chi connectivity index (χ2v) is 8.04. The molecule has 4 atom stereocenters. The lowest BCUT2D eigenvalue weighted by Crippen LogP contribution is -2.29. The van der Waals surface area contributed by atoms with E-state index in [9.17, 15) is 8.78 Å². The van der Waals surface area contributed by atoms with Crippen LogP contribution >= 0.6 is 0 Å². The van der Waals surface area contributed by atoms with Crippen LogP contribution in [0.4, 0.5) is 8.78 Å². The summed E-state index contributed by atoms with van der Waals surface area (Å²) in [5.74, 6) is 3.10. The summed E-state index contributed by atoms with van der Waals surface area (Å²) in [5.41, 5.74) is 1.45. The second-order valence-electron chi connectivity index (χ2n) is 8.04. The zero-order chi connectivity index (χ0) is 15.5. The van der Waals surface area contributed by atoms with Crippen LogP contribution in [0.2, 0.25) is 0 Å². The molecule has 22 heavy (non-hydrogen) atoms. The fourth-order valence-corrected chi connectivity index (χ4v) is 5.16. The van der Waals surface area contributed by atoms with E-state index in [-0.39, 0.29) is 0 Å². The SMILES string of the molecule is CCC1CCC(C2CC=C(C3CCC(F)C(F)C3)CC2)CC1. The number of halogens is 2. The van der Waals surface area contributed by atoms with Gasteiger partial charge >= 0.3 is 0 Å².